The summed E-state index contributed by atoms with van der Waals surface area (Å²) in [6.07, 6.45) is 5.66. The van der Waals surface area contributed by atoms with E-state index in [-0.39, 0.29) is 0 Å². The number of nitrogens with one attached hydrogen (secondary N) is 1. The SMILES string of the molecule is CCC1CNC(C(C)(C)C)CN1C(C)CC1CC1. The van der Waals surface area contributed by atoms with Crippen LogP contribution in [-0.2, 0) is 0 Å². The molecule has 2 heteroatoms. The topological polar surface area (TPSA) is 15.3 Å². The van der Waals surface area contributed by atoms with Crippen LogP contribution >= 0.6 is 0 Å². The van der Waals surface area contributed by atoms with Gasteiger partial charge < -0.3 is 5.32 Å². The van der Waals surface area contributed by atoms with E-state index in [1.54, 1.807) is 0 Å². The zero-order valence-corrected chi connectivity index (χ0v) is 13.0. The minimum atomic E-state index is 0.371. The molecule has 1 N–H and O–H groups in total. The van der Waals surface area contributed by atoms with Crippen molar-refractivity contribution in [3.63, 3.8) is 0 Å². The summed E-state index contributed by atoms with van der Waals surface area (Å²) >= 11 is 0. The fraction of sp³-hybridized carbons (Fsp3) is 1.00. The first-order chi connectivity index (χ1) is 8.41. The largest absolute Gasteiger partial charge is 0.311 e. The van der Waals surface area contributed by atoms with Gasteiger partial charge in [-0.1, -0.05) is 40.5 Å². The zero-order valence-electron chi connectivity index (χ0n) is 13.0. The third kappa shape index (κ3) is 3.48. The van der Waals surface area contributed by atoms with E-state index in [0.717, 1.165) is 18.0 Å². The van der Waals surface area contributed by atoms with E-state index < -0.39 is 0 Å². The monoisotopic (exact) mass is 252 g/mol. The molecule has 0 aromatic carbocycles. The molecule has 0 aromatic heterocycles. The molecule has 1 aliphatic heterocycles. The maximum atomic E-state index is 3.77. The van der Waals surface area contributed by atoms with E-state index in [1.165, 1.54) is 38.8 Å². The lowest BCUT2D eigenvalue weighted by Crippen LogP contribution is -2.62. The summed E-state index contributed by atoms with van der Waals surface area (Å²) in [5, 5.41) is 3.77. The molecule has 1 aliphatic carbocycles. The predicted octanol–water partition coefficient (Wildman–Crippen LogP) is 3.27. The molecule has 0 aromatic rings. The molecule has 0 radical (unpaired) electrons. The van der Waals surface area contributed by atoms with Gasteiger partial charge in [-0.25, -0.2) is 0 Å². The van der Waals surface area contributed by atoms with E-state index in [2.05, 4.69) is 44.8 Å². The maximum absolute atomic E-state index is 3.77. The molecule has 1 heterocycles. The van der Waals surface area contributed by atoms with E-state index in [4.69, 9.17) is 0 Å². The van der Waals surface area contributed by atoms with E-state index in [9.17, 15) is 0 Å². The van der Waals surface area contributed by atoms with Crippen molar-refractivity contribution in [3.05, 3.63) is 0 Å². The molecule has 1 saturated carbocycles. The van der Waals surface area contributed by atoms with Gasteiger partial charge in [0, 0.05) is 31.2 Å². The first-order valence-corrected chi connectivity index (χ1v) is 7.91. The van der Waals surface area contributed by atoms with Crippen LogP contribution in [0.1, 0.15) is 60.3 Å². The lowest BCUT2D eigenvalue weighted by Gasteiger charge is -2.47. The summed E-state index contributed by atoms with van der Waals surface area (Å²) in [5.41, 5.74) is 0.371. The van der Waals surface area contributed by atoms with Gasteiger partial charge in [0.15, 0.2) is 0 Å². The Morgan fingerprint density at radius 2 is 1.94 bits per heavy atom. The van der Waals surface area contributed by atoms with Crippen LogP contribution in [0, 0.1) is 11.3 Å². The fourth-order valence-corrected chi connectivity index (χ4v) is 3.29. The Bertz CT molecular complexity index is 265. The highest BCUT2D eigenvalue weighted by molar-refractivity contribution is 4.94. The van der Waals surface area contributed by atoms with Crippen molar-refractivity contribution in [3.8, 4) is 0 Å². The first-order valence-electron chi connectivity index (χ1n) is 7.91. The second kappa shape index (κ2) is 5.50. The number of piperazine rings is 1. The molecule has 18 heavy (non-hydrogen) atoms. The van der Waals surface area contributed by atoms with Gasteiger partial charge in [-0.2, -0.15) is 0 Å². The maximum Gasteiger partial charge on any atom is 0.0244 e. The third-order valence-corrected chi connectivity index (χ3v) is 4.92. The van der Waals surface area contributed by atoms with Crippen LogP contribution < -0.4 is 5.32 Å². The van der Waals surface area contributed by atoms with Gasteiger partial charge in [-0.05, 0) is 31.1 Å². The lowest BCUT2D eigenvalue weighted by molar-refractivity contribution is 0.0487. The van der Waals surface area contributed by atoms with Crippen LogP contribution in [0.2, 0.25) is 0 Å². The van der Waals surface area contributed by atoms with Gasteiger partial charge in [-0.15, -0.1) is 0 Å². The first kappa shape index (κ1) is 14.3. The zero-order chi connectivity index (χ0) is 13.3. The number of hydrogen-bond donors (Lipinski definition) is 1. The molecule has 2 nitrogen and oxygen atoms in total. The molecule has 106 valence electrons. The smallest absolute Gasteiger partial charge is 0.0244 e. The van der Waals surface area contributed by atoms with E-state index in [0.29, 0.717) is 11.5 Å². The molecule has 2 aliphatic rings. The molecule has 2 fully saturated rings. The molecule has 0 amide bonds. The summed E-state index contributed by atoms with van der Waals surface area (Å²) < 4.78 is 0. The van der Waals surface area contributed by atoms with Crippen molar-refractivity contribution in [2.24, 2.45) is 11.3 Å². The number of nitrogens with zero attached hydrogens (tertiary/aromatic N) is 1. The predicted molar refractivity (Wildman–Crippen MR) is 78.8 cm³/mol. The average molecular weight is 252 g/mol. The van der Waals surface area contributed by atoms with Crippen LogP contribution in [0.15, 0.2) is 0 Å². The number of hydrogen-bond acceptors (Lipinski definition) is 2. The highest BCUT2D eigenvalue weighted by atomic mass is 15.3. The van der Waals surface area contributed by atoms with Gasteiger partial charge in [0.05, 0.1) is 0 Å². The fourth-order valence-electron chi connectivity index (χ4n) is 3.29. The Morgan fingerprint density at radius 1 is 1.28 bits per heavy atom. The molecule has 0 bridgehead atoms. The summed E-state index contributed by atoms with van der Waals surface area (Å²) in [4.78, 5) is 2.80. The summed E-state index contributed by atoms with van der Waals surface area (Å²) in [6.45, 7) is 14.3. The second-order valence-corrected chi connectivity index (χ2v) is 7.61. The molecular weight excluding hydrogens is 220 g/mol. The molecular formula is C16H32N2. The van der Waals surface area contributed by atoms with Crippen molar-refractivity contribution in [2.45, 2.75) is 78.4 Å². The summed E-state index contributed by atoms with van der Waals surface area (Å²) in [6, 6.07) is 2.16. The van der Waals surface area contributed by atoms with Crippen LogP contribution in [-0.4, -0.2) is 36.1 Å². The Hall–Kier alpha value is -0.0800. The molecule has 3 atom stereocenters. The van der Waals surface area contributed by atoms with Crippen LogP contribution in [0.25, 0.3) is 0 Å². The Labute approximate surface area is 114 Å². The van der Waals surface area contributed by atoms with Crippen molar-refractivity contribution in [1.82, 2.24) is 10.2 Å². The van der Waals surface area contributed by atoms with Crippen molar-refractivity contribution < 1.29 is 0 Å². The summed E-state index contributed by atoms with van der Waals surface area (Å²) in [5.74, 6) is 1.04. The average Bonchev–Trinajstić information content (AvgIpc) is 3.10. The van der Waals surface area contributed by atoms with Crippen molar-refractivity contribution >= 4 is 0 Å². The Kier molecular flexibility index (Phi) is 4.38. The van der Waals surface area contributed by atoms with E-state index in [1.807, 2.05) is 0 Å². The minimum absolute atomic E-state index is 0.371. The summed E-state index contributed by atoms with van der Waals surface area (Å²) in [7, 11) is 0. The van der Waals surface area contributed by atoms with Crippen LogP contribution in [0.5, 0.6) is 0 Å². The highest BCUT2D eigenvalue weighted by Gasteiger charge is 2.36. The van der Waals surface area contributed by atoms with Gasteiger partial charge in [-0.3, -0.25) is 4.90 Å². The number of rotatable bonds is 4. The normalized spacial score (nSPS) is 32.5. The van der Waals surface area contributed by atoms with Gasteiger partial charge in [0.2, 0.25) is 0 Å². The van der Waals surface area contributed by atoms with Crippen LogP contribution in [0.4, 0.5) is 0 Å². The quantitative estimate of drug-likeness (QED) is 0.826. The van der Waals surface area contributed by atoms with Gasteiger partial charge in [0.25, 0.3) is 0 Å². The molecule has 1 saturated heterocycles. The minimum Gasteiger partial charge on any atom is -0.311 e. The van der Waals surface area contributed by atoms with Gasteiger partial charge >= 0.3 is 0 Å². The third-order valence-electron chi connectivity index (χ3n) is 4.92. The molecule has 2 rings (SSSR count). The highest BCUT2D eigenvalue weighted by Crippen LogP contribution is 2.36. The Morgan fingerprint density at radius 3 is 2.44 bits per heavy atom. The Balaban J connectivity index is 1.97. The molecule has 3 unspecified atom stereocenters. The standard InChI is InChI=1S/C16H32N2/c1-6-14-10-17-15(16(3,4)5)11-18(14)12(2)9-13-7-8-13/h12-15,17H,6-11H2,1-5H3. The van der Waals surface area contributed by atoms with Gasteiger partial charge in [0.1, 0.15) is 0 Å². The lowest BCUT2D eigenvalue weighted by atomic mass is 9.84. The van der Waals surface area contributed by atoms with Crippen molar-refractivity contribution in [1.29, 1.82) is 0 Å². The van der Waals surface area contributed by atoms with Crippen LogP contribution in [0.3, 0.4) is 0 Å². The van der Waals surface area contributed by atoms with Crippen molar-refractivity contribution in [2.75, 3.05) is 13.1 Å². The molecule has 0 spiro atoms. The van der Waals surface area contributed by atoms with E-state index >= 15 is 0 Å². The second-order valence-electron chi connectivity index (χ2n) is 7.61.